The summed E-state index contributed by atoms with van der Waals surface area (Å²) in [6, 6.07) is 14.7. The molecule has 1 saturated carbocycles. The number of thiocarbonyl (C=S) groups is 1. The number of benzene rings is 2. The Morgan fingerprint density at radius 1 is 1.05 bits per heavy atom. The third-order valence-corrected chi connectivity index (χ3v) is 5.87. The number of hydrogen-bond donors (Lipinski definition) is 0. The Kier molecular flexibility index (Phi) is 2.46. The van der Waals surface area contributed by atoms with Crippen LogP contribution in [0.5, 0.6) is 0 Å². The summed E-state index contributed by atoms with van der Waals surface area (Å²) in [7, 11) is 0. The lowest BCUT2D eigenvalue weighted by Gasteiger charge is -2.28. The smallest absolute Gasteiger partial charge is 0.256 e. The van der Waals surface area contributed by atoms with E-state index in [2.05, 4.69) is 23.1 Å². The molecule has 2 unspecified atom stereocenters. The minimum Gasteiger partial charge on any atom is -0.333 e. The van der Waals surface area contributed by atoms with Crippen LogP contribution in [-0.2, 0) is 4.79 Å². The second-order valence-electron chi connectivity index (χ2n) is 6.53. The first-order valence-corrected chi connectivity index (χ1v) is 8.30. The summed E-state index contributed by atoms with van der Waals surface area (Å²) in [4.78, 5) is 17.0. The largest absolute Gasteiger partial charge is 0.333 e. The Bertz CT molecular complexity index is 784. The minimum absolute atomic E-state index is 0.00906. The highest BCUT2D eigenvalue weighted by atomic mass is 32.1. The maximum atomic E-state index is 13.0. The van der Waals surface area contributed by atoms with E-state index in [1.165, 1.54) is 12.8 Å². The zero-order chi connectivity index (χ0) is 14.8. The van der Waals surface area contributed by atoms with Crippen LogP contribution in [0.1, 0.15) is 19.3 Å². The van der Waals surface area contributed by atoms with E-state index in [0.29, 0.717) is 17.1 Å². The van der Waals surface area contributed by atoms with Crippen molar-refractivity contribution in [2.75, 3.05) is 4.90 Å². The van der Waals surface area contributed by atoms with Crippen molar-refractivity contribution < 1.29 is 4.79 Å². The standard InChI is InChI=1S/C18H16N2OS/c21-17-16-12-8-9-13(10-12)19(16)18(22)20(17)15-7-3-5-11-4-1-2-6-14(11)15/h1-7,12-13,16H,8-10H2/t12?,13?,16-/m1/s1. The monoisotopic (exact) mass is 308 g/mol. The molecule has 3 fully saturated rings. The molecule has 2 aromatic rings. The summed E-state index contributed by atoms with van der Waals surface area (Å²) in [5, 5.41) is 2.94. The number of carbonyl (C=O) groups excluding carboxylic acids is 1. The van der Waals surface area contributed by atoms with Gasteiger partial charge in [-0.15, -0.1) is 0 Å². The molecular formula is C18H16N2OS. The topological polar surface area (TPSA) is 23.6 Å². The molecule has 2 bridgehead atoms. The first-order valence-electron chi connectivity index (χ1n) is 7.90. The molecule has 2 heterocycles. The van der Waals surface area contributed by atoms with Crippen LogP contribution in [0.25, 0.3) is 10.8 Å². The van der Waals surface area contributed by atoms with Crippen molar-refractivity contribution in [3.8, 4) is 0 Å². The molecule has 3 atom stereocenters. The van der Waals surface area contributed by atoms with Crippen molar-refractivity contribution in [1.29, 1.82) is 0 Å². The van der Waals surface area contributed by atoms with Gasteiger partial charge in [-0.3, -0.25) is 9.69 Å². The number of anilines is 1. The lowest BCUT2D eigenvalue weighted by molar-refractivity contribution is -0.120. The van der Waals surface area contributed by atoms with Crippen molar-refractivity contribution >= 4 is 39.7 Å². The Balaban J connectivity index is 1.66. The highest BCUT2D eigenvalue weighted by molar-refractivity contribution is 7.80. The van der Waals surface area contributed by atoms with Crippen LogP contribution in [0.3, 0.4) is 0 Å². The second kappa shape index (κ2) is 4.29. The fourth-order valence-corrected chi connectivity index (χ4v) is 5.00. The van der Waals surface area contributed by atoms with Crippen molar-refractivity contribution in [3.05, 3.63) is 42.5 Å². The summed E-state index contributed by atoms with van der Waals surface area (Å²) in [6.07, 6.45) is 3.49. The predicted molar refractivity (Wildman–Crippen MR) is 90.8 cm³/mol. The third-order valence-electron chi connectivity index (χ3n) is 5.48. The molecule has 3 aliphatic rings. The van der Waals surface area contributed by atoms with Gasteiger partial charge in [-0.1, -0.05) is 36.4 Å². The summed E-state index contributed by atoms with van der Waals surface area (Å²) >= 11 is 5.70. The summed E-state index contributed by atoms with van der Waals surface area (Å²) in [5.41, 5.74) is 0.932. The molecule has 2 saturated heterocycles. The third kappa shape index (κ3) is 1.46. The van der Waals surface area contributed by atoms with Gasteiger partial charge in [0, 0.05) is 11.4 Å². The Labute approximate surface area is 134 Å². The normalized spacial score (nSPS) is 29.7. The van der Waals surface area contributed by atoms with Crippen molar-refractivity contribution in [2.24, 2.45) is 5.92 Å². The van der Waals surface area contributed by atoms with E-state index in [1.54, 1.807) is 4.90 Å². The van der Waals surface area contributed by atoms with E-state index in [0.717, 1.165) is 22.9 Å². The summed E-state index contributed by atoms with van der Waals surface area (Å²) in [5.74, 6) is 0.670. The van der Waals surface area contributed by atoms with E-state index >= 15 is 0 Å². The van der Waals surface area contributed by atoms with Crippen LogP contribution >= 0.6 is 12.2 Å². The molecule has 1 amide bonds. The molecule has 0 radical (unpaired) electrons. The maximum absolute atomic E-state index is 13.0. The average molecular weight is 308 g/mol. The van der Waals surface area contributed by atoms with Gasteiger partial charge in [0.15, 0.2) is 5.11 Å². The van der Waals surface area contributed by atoms with Crippen LogP contribution in [0.15, 0.2) is 42.5 Å². The van der Waals surface area contributed by atoms with Crippen molar-refractivity contribution in [1.82, 2.24) is 4.90 Å². The lowest BCUT2D eigenvalue weighted by Crippen LogP contribution is -2.40. The predicted octanol–water partition coefficient (Wildman–Crippen LogP) is 3.32. The number of carbonyl (C=O) groups is 1. The zero-order valence-electron chi connectivity index (χ0n) is 12.1. The van der Waals surface area contributed by atoms with Gasteiger partial charge in [-0.05, 0) is 48.9 Å². The Morgan fingerprint density at radius 2 is 1.86 bits per heavy atom. The van der Waals surface area contributed by atoms with Gasteiger partial charge in [-0.25, -0.2) is 0 Å². The molecule has 3 nitrogen and oxygen atoms in total. The summed E-state index contributed by atoms with van der Waals surface area (Å²) in [6.45, 7) is 0. The highest BCUT2D eigenvalue weighted by Gasteiger charge is 2.57. The average Bonchev–Trinajstić information content (AvgIpc) is 3.21. The molecule has 0 N–H and O–H groups in total. The van der Waals surface area contributed by atoms with Gasteiger partial charge in [-0.2, -0.15) is 0 Å². The van der Waals surface area contributed by atoms with E-state index in [9.17, 15) is 4.79 Å². The highest BCUT2D eigenvalue weighted by Crippen LogP contribution is 2.47. The number of nitrogens with zero attached hydrogens (tertiary/aromatic N) is 2. The molecule has 22 heavy (non-hydrogen) atoms. The SMILES string of the molecule is O=C1[C@H]2C3CCC(C3)N2C(=S)N1c1cccc2ccccc12. The number of fused-ring (bicyclic) bond motifs is 6. The van der Waals surface area contributed by atoms with Gasteiger partial charge >= 0.3 is 0 Å². The number of hydrogen-bond acceptors (Lipinski definition) is 2. The fourth-order valence-electron chi connectivity index (χ4n) is 4.55. The van der Waals surface area contributed by atoms with Crippen LogP contribution in [0, 0.1) is 5.92 Å². The van der Waals surface area contributed by atoms with Gasteiger partial charge in [0.05, 0.1) is 5.69 Å². The van der Waals surface area contributed by atoms with E-state index < -0.39 is 0 Å². The molecule has 1 aliphatic carbocycles. The number of piperidine rings is 1. The molecule has 5 rings (SSSR count). The molecule has 0 aromatic heterocycles. The van der Waals surface area contributed by atoms with Crippen LogP contribution < -0.4 is 4.90 Å². The fraction of sp³-hybridized carbons (Fsp3) is 0.333. The quantitative estimate of drug-likeness (QED) is 0.755. The van der Waals surface area contributed by atoms with Gasteiger partial charge in [0.1, 0.15) is 6.04 Å². The van der Waals surface area contributed by atoms with E-state index in [-0.39, 0.29) is 11.9 Å². The molecule has 0 spiro atoms. The van der Waals surface area contributed by atoms with Gasteiger partial charge < -0.3 is 4.90 Å². The number of rotatable bonds is 1. The Morgan fingerprint density at radius 3 is 2.73 bits per heavy atom. The first-order chi connectivity index (χ1) is 10.8. The number of amides is 1. The van der Waals surface area contributed by atoms with Crippen molar-refractivity contribution in [3.63, 3.8) is 0 Å². The van der Waals surface area contributed by atoms with E-state index in [1.807, 2.05) is 24.3 Å². The molecule has 110 valence electrons. The second-order valence-corrected chi connectivity index (χ2v) is 6.90. The van der Waals surface area contributed by atoms with Crippen LogP contribution in [-0.4, -0.2) is 28.0 Å². The van der Waals surface area contributed by atoms with Crippen LogP contribution in [0.4, 0.5) is 5.69 Å². The van der Waals surface area contributed by atoms with Crippen LogP contribution in [0.2, 0.25) is 0 Å². The molecule has 4 heteroatoms. The van der Waals surface area contributed by atoms with E-state index in [4.69, 9.17) is 12.2 Å². The molecule has 2 aromatic carbocycles. The lowest BCUT2D eigenvalue weighted by atomic mass is 9.99. The van der Waals surface area contributed by atoms with Gasteiger partial charge in [0.25, 0.3) is 5.91 Å². The van der Waals surface area contributed by atoms with Gasteiger partial charge in [0.2, 0.25) is 0 Å². The first kappa shape index (κ1) is 12.6. The minimum atomic E-state index is -0.00906. The Hall–Kier alpha value is -1.94. The maximum Gasteiger partial charge on any atom is 0.256 e. The molecule has 2 aliphatic heterocycles. The zero-order valence-corrected chi connectivity index (χ0v) is 12.9. The van der Waals surface area contributed by atoms with Crippen molar-refractivity contribution in [2.45, 2.75) is 31.3 Å². The molecular weight excluding hydrogens is 292 g/mol. The summed E-state index contributed by atoms with van der Waals surface area (Å²) < 4.78 is 0.